The first-order valence-electron chi connectivity index (χ1n) is 10.8. The van der Waals surface area contributed by atoms with E-state index in [1.165, 1.54) is 5.56 Å². The summed E-state index contributed by atoms with van der Waals surface area (Å²) in [7, 11) is -4.03. The van der Waals surface area contributed by atoms with Gasteiger partial charge in [-0.2, -0.15) is 8.42 Å². The van der Waals surface area contributed by atoms with E-state index in [4.69, 9.17) is 32.5 Å². The Morgan fingerprint density at radius 3 is 2.30 bits per heavy atom. The van der Waals surface area contributed by atoms with Crippen LogP contribution in [-0.4, -0.2) is 73.8 Å². The van der Waals surface area contributed by atoms with Crippen molar-refractivity contribution in [3.63, 3.8) is 0 Å². The van der Waals surface area contributed by atoms with Gasteiger partial charge in [0.05, 0.1) is 5.75 Å². The quantitative estimate of drug-likeness (QED) is 0.487. The summed E-state index contributed by atoms with van der Waals surface area (Å²) >= 11 is 12.0. The molecule has 0 bridgehead atoms. The van der Waals surface area contributed by atoms with E-state index in [1.54, 1.807) is 23.1 Å². The number of halogens is 2. The topological polar surface area (TPSA) is 87.1 Å². The molecule has 1 N–H and O–H groups in total. The zero-order chi connectivity index (χ0) is 23.8. The molecule has 2 aromatic rings. The van der Waals surface area contributed by atoms with Crippen molar-refractivity contribution in [1.82, 2.24) is 9.80 Å². The molecule has 0 atom stereocenters. The largest absolute Gasteiger partial charge is 0.483 e. The van der Waals surface area contributed by atoms with Gasteiger partial charge in [0.1, 0.15) is 5.75 Å². The van der Waals surface area contributed by atoms with Crippen molar-refractivity contribution >= 4 is 39.2 Å². The molecule has 1 saturated heterocycles. The van der Waals surface area contributed by atoms with Crippen LogP contribution in [-0.2, 0) is 27.8 Å². The summed E-state index contributed by atoms with van der Waals surface area (Å²) in [5.74, 6) is 0.0519. The van der Waals surface area contributed by atoms with Crippen LogP contribution < -0.4 is 4.74 Å². The van der Waals surface area contributed by atoms with Crippen LogP contribution >= 0.6 is 23.2 Å². The zero-order valence-corrected chi connectivity index (χ0v) is 20.6. The van der Waals surface area contributed by atoms with Crippen LogP contribution in [0.15, 0.2) is 42.5 Å². The van der Waals surface area contributed by atoms with E-state index in [1.807, 2.05) is 24.3 Å². The normalized spacial score (nSPS) is 14.9. The summed E-state index contributed by atoms with van der Waals surface area (Å²) in [6.45, 7) is 3.73. The Hall–Kier alpha value is -1.84. The summed E-state index contributed by atoms with van der Waals surface area (Å²) in [6, 6.07) is 12.9. The van der Waals surface area contributed by atoms with Gasteiger partial charge in [0.2, 0.25) is 0 Å². The molecule has 0 aliphatic carbocycles. The van der Waals surface area contributed by atoms with E-state index in [0.29, 0.717) is 35.8 Å². The lowest BCUT2D eigenvalue weighted by molar-refractivity contribution is -0.135. The van der Waals surface area contributed by atoms with Crippen molar-refractivity contribution in [2.75, 3.05) is 45.1 Å². The number of piperazine rings is 1. The van der Waals surface area contributed by atoms with Crippen molar-refractivity contribution < 1.29 is 22.5 Å². The molecule has 0 spiro atoms. The molecule has 10 heteroatoms. The number of hydrogen-bond donors (Lipinski definition) is 1. The number of carbonyl (C=O) groups is 1. The summed E-state index contributed by atoms with van der Waals surface area (Å²) in [5, 5.41) is 1.22. The maximum Gasteiger partial charge on any atom is 0.264 e. The summed E-state index contributed by atoms with van der Waals surface area (Å²) in [4.78, 5) is 16.8. The van der Waals surface area contributed by atoms with Crippen LogP contribution in [0.2, 0.25) is 10.0 Å². The number of rotatable bonds is 10. The van der Waals surface area contributed by atoms with Gasteiger partial charge in [0.25, 0.3) is 16.0 Å². The minimum absolute atomic E-state index is 0.0915. The Morgan fingerprint density at radius 2 is 1.64 bits per heavy atom. The van der Waals surface area contributed by atoms with Crippen LogP contribution in [0.25, 0.3) is 0 Å². The molecular formula is C23H28Cl2N2O5S. The molecule has 0 radical (unpaired) electrons. The van der Waals surface area contributed by atoms with Crippen LogP contribution in [0.5, 0.6) is 5.75 Å². The first-order valence-corrected chi connectivity index (χ1v) is 13.2. The fourth-order valence-corrected chi connectivity index (χ4v) is 4.55. The highest BCUT2D eigenvalue weighted by Gasteiger charge is 2.21. The van der Waals surface area contributed by atoms with Crippen LogP contribution in [0.1, 0.15) is 17.5 Å². The van der Waals surface area contributed by atoms with Crippen LogP contribution in [0.3, 0.4) is 0 Å². The molecule has 1 fully saturated rings. The predicted octanol–water partition coefficient (Wildman–Crippen LogP) is 3.58. The summed E-state index contributed by atoms with van der Waals surface area (Å²) in [6.07, 6.45) is 1.52. The molecule has 7 nitrogen and oxygen atoms in total. The molecule has 1 aliphatic rings. The lowest BCUT2D eigenvalue weighted by Gasteiger charge is -2.34. The molecular weight excluding hydrogens is 487 g/mol. The van der Waals surface area contributed by atoms with Gasteiger partial charge >= 0.3 is 0 Å². The molecule has 1 heterocycles. The van der Waals surface area contributed by atoms with E-state index in [9.17, 15) is 13.2 Å². The molecule has 1 aliphatic heterocycles. The third-order valence-corrected chi connectivity index (χ3v) is 6.87. The fourth-order valence-electron chi connectivity index (χ4n) is 3.72. The number of hydrogen-bond acceptors (Lipinski definition) is 5. The molecule has 2 aromatic carbocycles. The number of amides is 1. The van der Waals surface area contributed by atoms with Crippen molar-refractivity contribution in [2.45, 2.75) is 19.3 Å². The van der Waals surface area contributed by atoms with Crippen molar-refractivity contribution in [1.29, 1.82) is 0 Å². The van der Waals surface area contributed by atoms with Gasteiger partial charge in [0, 0.05) is 42.8 Å². The molecule has 33 heavy (non-hydrogen) atoms. The third kappa shape index (κ3) is 8.79. The van der Waals surface area contributed by atoms with Gasteiger partial charge in [0.15, 0.2) is 6.61 Å². The van der Waals surface area contributed by atoms with Crippen LogP contribution in [0.4, 0.5) is 0 Å². The van der Waals surface area contributed by atoms with E-state index < -0.39 is 10.1 Å². The standard InChI is InChI=1S/C23H28Cl2N2O5S/c24-20-5-3-18(4-6-20)9-10-26-11-13-27(14-12-26)23(28)17-32-22-8-7-21(25)16-19(22)2-1-15-33(29,30)31/h3-8,16H,1-2,9-15,17H2,(H,29,30,31). The summed E-state index contributed by atoms with van der Waals surface area (Å²) < 4.78 is 36.6. The molecule has 0 unspecified atom stereocenters. The van der Waals surface area contributed by atoms with Gasteiger partial charge < -0.3 is 9.64 Å². The monoisotopic (exact) mass is 514 g/mol. The van der Waals surface area contributed by atoms with Crippen LogP contribution in [0, 0.1) is 0 Å². The average Bonchev–Trinajstić information content (AvgIpc) is 2.77. The van der Waals surface area contributed by atoms with E-state index in [0.717, 1.165) is 31.1 Å². The lowest BCUT2D eigenvalue weighted by Crippen LogP contribution is -2.50. The Bertz CT molecular complexity index is 1040. The van der Waals surface area contributed by atoms with Gasteiger partial charge in [-0.25, -0.2) is 0 Å². The second-order valence-corrected chi connectivity index (χ2v) is 10.5. The van der Waals surface area contributed by atoms with Crippen molar-refractivity contribution in [2.24, 2.45) is 0 Å². The minimum Gasteiger partial charge on any atom is -0.483 e. The number of ether oxygens (including phenoxy) is 1. The van der Waals surface area contributed by atoms with E-state index in [-0.39, 0.29) is 24.7 Å². The van der Waals surface area contributed by atoms with Crippen molar-refractivity contribution in [3.8, 4) is 5.75 Å². The van der Waals surface area contributed by atoms with Crippen molar-refractivity contribution in [3.05, 3.63) is 63.6 Å². The molecule has 0 aromatic heterocycles. The molecule has 0 saturated carbocycles. The second kappa shape index (κ2) is 12.0. The average molecular weight is 515 g/mol. The van der Waals surface area contributed by atoms with Gasteiger partial charge in [-0.05, 0) is 60.7 Å². The Kier molecular flexibility index (Phi) is 9.40. The summed E-state index contributed by atoms with van der Waals surface area (Å²) in [5.41, 5.74) is 1.94. The SMILES string of the molecule is O=C(COc1ccc(Cl)cc1CCCS(=O)(=O)O)N1CCN(CCc2ccc(Cl)cc2)CC1. The predicted molar refractivity (Wildman–Crippen MR) is 130 cm³/mol. The number of benzene rings is 2. The number of aryl methyl sites for hydroxylation is 1. The second-order valence-electron chi connectivity index (χ2n) is 8.03. The Balaban J connectivity index is 1.44. The lowest BCUT2D eigenvalue weighted by atomic mass is 10.1. The Morgan fingerprint density at radius 1 is 0.970 bits per heavy atom. The maximum absolute atomic E-state index is 12.6. The molecule has 1 amide bonds. The zero-order valence-electron chi connectivity index (χ0n) is 18.3. The third-order valence-electron chi connectivity index (χ3n) is 5.58. The Labute approximate surface area is 205 Å². The number of nitrogens with zero attached hydrogens (tertiary/aromatic N) is 2. The van der Waals surface area contributed by atoms with E-state index in [2.05, 4.69) is 4.90 Å². The van der Waals surface area contributed by atoms with Gasteiger partial charge in [-0.15, -0.1) is 0 Å². The molecule has 3 rings (SSSR count). The minimum atomic E-state index is -4.03. The van der Waals surface area contributed by atoms with Gasteiger partial charge in [-0.3, -0.25) is 14.2 Å². The maximum atomic E-state index is 12.6. The first kappa shape index (κ1) is 25.8. The van der Waals surface area contributed by atoms with E-state index >= 15 is 0 Å². The number of carbonyl (C=O) groups excluding carboxylic acids is 1. The van der Waals surface area contributed by atoms with Gasteiger partial charge in [-0.1, -0.05) is 35.3 Å². The highest BCUT2D eigenvalue weighted by Crippen LogP contribution is 2.24. The highest BCUT2D eigenvalue weighted by atomic mass is 35.5. The molecule has 180 valence electrons. The highest BCUT2D eigenvalue weighted by molar-refractivity contribution is 7.85. The fraction of sp³-hybridized carbons (Fsp3) is 0.435. The first-order chi connectivity index (χ1) is 15.7. The smallest absolute Gasteiger partial charge is 0.264 e.